The molecule has 4 heteroatoms. The van der Waals surface area contributed by atoms with Gasteiger partial charge in [-0.1, -0.05) is 6.07 Å². The van der Waals surface area contributed by atoms with E-state index in [0.29, 0.717) is 17.0 Å². The summed E-state index contributed by atoms with van der Waals surface area (Å²) < 4.78 is 4.90. The molecule has 3 rings (SSSR count). The van der Waals surface area contributed by atoms with Crippen LogP contribution in [0.1, 0.15) is 17.9 Å². The second-order valence-electron chi connectivity index (χ2n) is 3.85. The predicted octanol–water partition coefficient (Wildman–Crippen LogP) is 1.75. The first-order valence-corrected chi connectivity index (χ1v) is 4.80. The summed E-state index contributed by atoms with van der Waals surface area (Å²) in [6, 6.07) is 7.83. The number of H-pyrrole nitrogens is 1. The summed E-state index contributed by atoms with van der Waals surface area (Å²) in [5, 5.41) is 8.73. The lowest BCUT2D eigenvalue weighted by Crippen LogP contribution is -1.93. The van der Waals surface area contributed by atoms with Gasteiger partial charge in [-0.2, -0.15) is 5.26 Å². The van der Waals surface area contributed by atoms with E-state index >= 15 is 0 Å². The van der Waals surface area contributed by atoms with Crippen LogP contribution in [0.4, 0.5) is 0 Å². The molecule has 2 aromatic rings. The van der Waals surface area contributed by atoms with E-state index in [9.17, 15) is 4.79 Å². The molecule has 1 aromatic heterocycles. The smallest absolute Gasteiger partial charge is 0.408 e. The number of fused-ring (bicyclic) bond motifs is 1. The quantitative estimate of drug-likeness (QED) is 0.762. The highest BCUT2D eigenvalue weighted by Gasteiger charge is 2.38. The molecule has 15 heavy (non-hydrogen) atoms. The number of hydrogen-bond donors (Lipinski definition) is 1. The molecule has 0 amide bonds. The molecule has 1 N–H and O–H groups in total. The molecule has 0 spiro atoms. The summed E-state index contributed by atoms with van der Waals surface area (Å²) in [4.78, 5) is 13.5. The fourth-order valence-corrected chi connectivity index (χ4v) is 1.91. The third kappa shape index (κ3) is 1.24. The van der Waals surface area contributed by atoms with Gasteiger partial charge in [0.2, 0.25) is 0 Å². The second kappa shape index (κ2) is 2.74. The predicted molar refractivity (Wildman–Crippen MR) is 53.3 cm³/mol. The van der Waals surface area contributed by atoms with E-state index in [1.807, 2.05) is 12.1 Å². The number of nitrogens with one attached hydrogen (secondary N) is 1. The Bertz CT molecular complexity index is 617. The van der Waals surface area contributed by atoms with E-state index in [4.69, 9.17) is 9.68 Å². The first-order chi connectivity index (χ1) is 7.28. The van der Waals surface area contributed by atoms with E-state index in [1.54, 1.807) is 6.07 Å². The summed E-state index contributed by atoms with van der Waals surface area (Å²) in [6.07, 6.45) is 0.921. The van der Waals surface area contributed by atoms with Crippen molar-refractivity contribution in [3.63, 3.8) is 0 Å². The molecule has 2 atom stereocenters. The minimum absolute atomic E-state index is 0.140. The summed E-state index contributed by atoms with van der Waals surface area (Å²) in [7, 11) is 0. The minimum Gasteiger partial charge on any atom is -0.408 e. The van der Waals surface area contributed by atoms with Crippen molar-refractivity contribution in [2.24, 2.45) is 5.92 Å². The van der Waals surface area contributed by atoms with E-state index < -0.39 is 5.76 Å². The van der Waals surface area contributed by atoms with Crippen molar-refractivity contribution in [2.45, 2.75) is 12.3 Å². The third-order valence-corrected chi connectivity index (χ3v) is 2.83. The van der Waals surface area contributed by atoms with Gasteiger partial charge in [0.1, 0.15) is 0 Å². The molecule has 1 fully saturated rings. The number of aromatic nitrogens is 1. The summed E-state index contributed by atoms with van der Waals surface area (Å²) in [6.45, 7) is 0. The molecule has 1 aliphatic rings. The number of nitrogens with zero attached hydrogens (tertiary/aromatic N) is 1. The first kappa shape index (κ1) is 8.30. The Kier molecular flexibility index (Phi) is 1.51. The van der Waals surface area contributed by atoms with Crippen LogP contribution in [-0.4, -0.2) is 4.98 Å². The molecule has 1 saturated carbocycles. The van der Waals surface area contributed by atoms with Crippen LogP contribution in [0.2, 0.25) is 0 Å². The molecule has 1 heterocycles. The molecule has 1 aromatic carbocycles. The molecule has 0 saturated heterocycles. The number of hydrogen-bond acceptors (Lipinski definition) is 3. The Balaban J connectivity index is 2.08. The van der Waals surface area contributed by atoms with Gasteiger partial charge >= 0.3 is 5.76 Å². The summed E-state index contributed by atoms with van der Waals surface area (Å²) in [5.74, 6) is 0.0358. The number of aromatic amines is 1. The van der Waals surface area contributed by atoms with Crippen LogP contribution in [0.5, 0.6) is 0 Å². The van der Waals surface area contributed by atoms with Crippen molar-refractivity contribution in [3.05, 3.63) is 34.3 Å². The maximum atomic E-state index is 10.9. The Labute approximate surface area is 85.1 Å². The number of oxazole rings is 1. The highest BCUT2D eigenvalue weighted by Crippen LogP contribution is 2.47. The van der Waals surface area contributed by atoms with Crippen molar-refractivity contribution in [2.75, 3.05) is 0 Å². The maximum Gasteiger partial charge on any atom is 0.417 e. The van der Waals surface area contributed by atoms with E-state index in [0.717, 1.165) is 12.0 Å². The Hall–Kier alpha value is -2.02. The zero-order valence-electron chi connectivity index (χ0n) is 7.86. The number of rotatable bonds is 1. The SMILES string of the molecule is N#CC1CC1c1ccc2oc(=O)[nH]c2c1. The Morgan fingerprint density at radius 2 is 2.40 bits per heavy atom. The van der Waals surface area contributed by atoms with Crippen LogP contribution in [0.25, 0.3) is 11.1 Å². The van der Waals surface area contributed by atoms with Gasteiger partial charge in [0.15, 0.2) is 5.58 Å². The van der Waals surface area contributed by atoms with Crippen LogP contribution in [0, 0.1) is 17.2 Å². The van der Waals surface area contributed by atoms with Gasteiger partial charge in [0, 0.05) is 5.92 Å². The molecular weight excluding hydrogens is 192 g/mol. The minimum atomic E-state index is -0.435. The zero-order valence-corrected chi connectivity index (χ0v) is 7.86. The Morgan fingerprint density at radius 3 is 3.13 bits per heavy atom. The standard InChI is InChI=1S/C11H8N2O2/c12-5-7-3-8(7)6-1-2-10-9(4-6)13-11(14)15-10/h1-2,4,7-8H,3H2,(H,13,14). The van der Waals surface area contributed by atoms with Crippen molar-refractivity contribution < 1.29 is 4.42 Å². The van der Waals surface area contributed by atoms with Gasteiger partial charge in [-0.15, -0.1) is 0 Å². The van der Waals surface area contributed by atoms with E-state index in [2.05, 4.69) is 11.1 Å². The van der Waals surface area contributed by atoms with Gasteiger partial charge in [-0.05, 0) is 24.1 Å². The maximum absolute atomic E-state index is 10.9. The van der Waals surface area contributed by atoms with Crippen molar-refractivity contribution in [1.29, 1.82) is 5.26 Å². The number of benzene rings is 1. The zero-order chi connectivity index (χ0) is 10.4. The van der Waals surface area contributed by atoms with Gasteiger partial charge in [-0.25, -0.2) is 4.79 Å². The topological polar surface area (TPSA) is 69.8 Å². The molecule has 0 radical (unpaired) electrons. The van der Waals surface area contributed by atoms with E-state index in [1.165, 1.54) is 0 Å². The molecule has 0 bridgehead atoms. The van der Waals surface area contributed by atoms with Crippen molar-refractivity contribution >= 4 is 11.1 Å². The van der Waals surface area contributed by atoms with E-state index in [-0.39, 0.29) is 5.92 Å². The monoisotopic (exact) mass is 200 g/mol. The highest BCUT2D eigenvalue weighted by atomic mass is 16.4. The van der Waals surface area contributed by atoms with Gasteiger partial charge in [-0.3, -0.25) is 4.98 Å². The fraction of sp³-hybridized carbons (Fsp3) is 0.273. The lowest BCUT2D eigenvalue weighted by atomic mass is 10.1. The lowest BCUT2D eigenvalue weighted by molar-refractivity contribution is 0.555. The lowest BCUT2D eigenvalue weighted by Gasteiger charge is -1.96. The number of nitriles is 1. The van der Waals surface area contributed by atoms with Crippen LogP contribution < -0.4 is 5.76 Å². The normalized spacial score (nSPS) is 23.9. The van der Waals surface area contributed by atoms with Gasteiger partial charge < -0.3 is 4.42 Å². The molecule has 1 aliphatic carbocycles. The largest absolute Gasteiger partial charge is 0.417 e. The third-order valence-electron chi connectivity index (χ3n) is 2.83. The second-order valence-corrected chi connectivity index (χ2v) is 3.85. The van der Waals surface area contributed by atoms with Crippen LogP contribution in [-0.2, 0) is 0 Å². The van der Waals surface area contributed by atoms with Crippen LogP contribution in [0.15, 0.2) is 27.4 Å². The molecule has 0 aliphatic heterocycles. The summed E-state index contributed by atoms with van der Waals surface area (Å²) in [5.41, 5.74) is 2.38. The van der Waals surface area contributed by atoms with Crippen molar-refractivity contribution in [1.82, 2.24) is 4.98 Å². The first-order valence-electron chi connectivity index (χ1n) is 4.80. The van der Waals surface area contributed by atoms with Gasteiger partial charge in [0.25, 0.3) is 0 Å². The van der Waals surface area contributed by atoms with Crippen LogP contribution in [0.3, 0.4) is 0 Å². The molecular formula is C11H8N2O2. The fourth-order valence-electron chi connectivity index (χ4n) is 1.91. The highest BCUT2D eigenvalue weighted by molar-refractivity contribution is 5.73. The molecule has 74 valence electrons. The van der Waals surface area contributed by atoms with Crippen molar-refractivity contribution in [3.8, 4) is 6.07 Å². The Morgan fingerprint density at radius 1 is 1.53 bits per heavy atom. The van der Waals surface area contributed by atoms with Crippen LogP contribution >= 0.6 is 0 Å². The van der Waals surface area contributed by atoms with Gasteiger partial charge in [0.05, 0.1) is 17.5 Å². The average molecular weight is 200 g/mol. The molecule has 4 nitrogen and oxygen atoms in total. The average Bonchev–Trinajstić information content (AvgIpc) is 2.92. The summed E-state index contributed by atoms with van der Waals surface area (Å²) >= 11 is 0. The molecule has 2 unspecified atom stereocenters.